The lowest BCUT2D eigenvalue weighted by Crippen LogP contribution is -2.30. The minimum atomic E-state index is -0.00334. The molecule has 0 spiro atoms. The highest BCUT2D eigenvalue weighted by Gasteiger charge is 2.32. The van der Waals surface area contributed by atoms with Crippen molar-refractivity contribution in [3.63, 3.8) is 0 Å². The van der Waals surface area contributed by atoms with Crippen molar-refractivity contribution >= 4 is 5.91 Å². The number of likely N-dealkylation sites (tertiary alicyclic amines) is 1. The van der Waals surface area contributed by atoms with Crippen LogP contribution in [0.15, 0.2) is 54.7 Å². The van der Waals surface area contributed by atoms with E-state index in [1.165, 1.54) is 0 Å². The van der Waals surface area contributed by atoms with Crippen LogP contribution in [0.25, 0.3) is 5.69 Å². The Balaban J connectivity index is 1.59. The molecule has 29 heavy (non-hydrogen) atoms. The molecular formula is C23H25N3O3. The predicted octanol–water partition coefficient (Wildman–Crippen LogP) is 4.18. The van der Waals surface area contributed by atoms with Crippen molar-refractivity contribution in [1.82, 2.24) is 14.7 Å². The van der Waals surface area contributed by atoms with Gasteiger partial charge in [-0.1, -0.05) is 0 Å². The first-order chi connectivity index (χ1) is 14.1. The van der Waals surface area contributed by atoms with E-state index in [-0.39, 0.29) is 11.9 Å². The van der Waals surface area contributed by atoms with Crippen molar-refractivity contribution in [2.24, 2.45) is 0 Å². The Morgan fingerprint density at radius 2 is 1.86 bits per heavy atom. The molecular weight excluding hydrogens is 366 g/mol. The van der Waals surface area contributed by atoms with Crippen LogP contribution in [0.3, 0.4) is 0 Å². The van der Waals surface area contributed by atoms with Gasteiger partial charge in [0.15, 0.2) is 0 Å². The molecule has 0 bridgehead atoms. The summed E-state index contributed by atoms with van der Waals surface area (Å²) in [6, 6.07) is 15.4. The van der Waals surface area contributed by atoms with Crippen LogP contribution in [-0.4, -0.2) is 41.4 Å². The summed E-state index contributed by atoms with van der Waals surface area (Å²) in [5, 5.41) is 4.32. The summed E-state index contributed by atoms with van der Waals surface area (Å²) in [7, 11) is 3.28. The number of benzene rings is 2. The van der Waals surface area contributed by atoms with Crippen LogP contribution in [0.4, 0.5) is 0 Å². The van der Waals surface area contributed by atoms with Crippen LogP contribution in [-0.2, 0) is 0 Å². The number of hydrogen-bond donors (Lipinski definition) is 0. The molecule has 0 radical (unpaired) electrons. The first-order valence-electron chi connectivity index (χ1n) is 9.76. The average molecular weight is 391 g/mol. The van der Waals surface area contributed by atoms with Crippen molar-refractivity contribution in [3.05, 3.63) is 71.5 Å². The van der Waals surface area contributed by atoms with Gasteiger partial charge in [0.2, 0.25) is 0 Å². The van der Waals surface area contributed by atoms with E-state index < -0.39 is 0 Å². The summed E-state index contributed by atoms with van der Waals surface area (Å²) < 4.78 is 12.7. The molecule has 1 fully saturated rings. The number of methoxy groups -OCH3 is 2. The van der Waals surface area contributed by atoms with Crippen LogP contribution in [0.2, 0.25) is 0 Å². The molecule has 1 atom stereocenters. The Morgan fingerprint density at radius 3 is 2.52 bits per heavy atom. The lowest BCUT2D eigenvalue weighted by molar-refractivity contribution is 0.0734. The minimum Gasteiger partial charge on any atom is -0.497 e. The smallest absolute Gasteiger partial charge is 0.254 e. The highest BCUT2D eigenvalue weighted by atomic mass is 16.5. The zero-order valence-electron chi connectivity index (χ0n) is 17.0. The molecule has 6 heteroatoms. The second-order valence-electron chi connectivity index (χ2n) is 7.20. The lowest BCUT2D eigenvalue weighted by atomic mass is 10.0. The SMILES string of the molecule is COc1ccc([C@@H]2CCCN2C(=O)c2ccc(-n3nccc3C)cc2)c(OC)c1. The Kier molecular flexibility index (Phi) is 5.25. The Bertz CT molecular complexity index is 1010. The summed E-state index contributed by atoms with van der Waals surface area (Å²) in [6.07, 6.45) is 3.65. The number of rotatable bonds is 5. The fourth-order valence-electron chi connectivity index (χ4n) is 3.98. The second kappa shape index (κ2) is 7.99. The zero-order chi connectivity index (χ0) is 20.4. The molecule has 6 nitrogen and oxygen atoms in total. The average Bonchev–Trinajstić information content (AvgIpc) is 3.42. The van der Waals surface area contributed by atoms with Gasteiger partial charge >= 0.3 is 0 Å². The van der Waals surface area contributed by atoms with Gasteiger partial charge in [-0.05, 0) is 62.2 Å². The number of carbonyl (C=O) groups excluding carboxylic acids is 1. The third kappa shape index (κ3) is 3.58. The fourth-order valence-corrected chi connectivity index (χ4v) is 3.98. The van der Waals surface area contributed by atoms with E-state index in [0.29, 0.717) is 5.56 Å². The van der Waals surface area contributed by atoms with Crippen molar-refractivity contribution in [1.29, 1.82) is 0 Å². The van der Waals surface area contributed by atoms with Gasteiger partial charge in [0.25, 0.3) is 5.91 Å². The molecule has 2 heterocycles. The molecule has 0 unspecified atom stereocenters. The molecule has 0 N–H and O–H groups in total. The number of hydrogen-bond acceptors (Lipinski definition) is 4. The van der Waals surface area contributed by atoms with E-state index in [2.05, 4.69) is 5.10 Å². The molecule has 3 aromatic rings. The molecule has 1 amide bonds. The largest absolute Gasteiger partial charge is 0.497 e. The van der Waals surface area contributed by atoms with Crippen molar-refractivity contribution in [2.45, 2.75) is 25.8 Å². The number of ether oxygens (including phenoxy) is 2. The Morgan fingerprint density at radius 1 is 1.07 bits per heavy atom. The van der Waals surface area contributed by atoms with Gasteiger partial charge in [0.1, 0.15) is 11.5 Å². The molecule has 1 aliphatic rings. The first-order valence-corrected chi connectivity index (χ1v) is 9.76. The number of carbonyl (C=O) groups is 1. The van der Waals surface area contributed by atoms with E-state index in [9.17, 15) is 4.79 Å². The zero-order valence-corrected chi connectivity index (χ0v) is 17.0. The normalized spacial score (nSPS) is 16.1. The van der Waals surface area contributed by atoms with Gasteiger partial charge in [0.05, 0.1) is 25.9 Å². The van der Waals surface area contributed by atoms with Crippen LogP contribution in [0.1, 0.15) is 40.5 Å². The summed E-state index contributed by atoms with van der Waals surface area (Å²) >= 11 is 0. The molecule has 1 saturated heterocycles. The van der Waals surface area contributed by atoms with E-state index >= 15 is 0 Å². The molecule has 1 aliphatic heterocycles. The standard InChI is InChI=1S/C23H25N3O3/c1-16-12-13-24-26(16)18-8-6-17(7-9-18)23(27)25-14-4-5-21(25)20-11-10-19(28-2)15-22(20)29-3/h6-13,15,21H,4-5,14H2,1-3H3/t21-/m0/s1. The van der Waals surface area contributed by atoms with Gasteiger partial charge in [-0.2, -0.15) is 5.10 Å². The van der Waals surface area contributed by atoms with Crippen LogP contribution in [0.5, 0.6) is 11.5 Å². The summed E-state index contributed by atoms with van der Waals surface area (Å²) in [6.45, 7) is 2.74. The third-order valence-electron chi connectivity index (χ3n) is 5.50. The molecule has 1 aromatic heterocycles. The minimum absolute atomic E-state index is 0.00334. The maximum Gasteiger partial charge on any atom is 0.254 e. The number of aromatic nitrogens is 2. The quantitative estimate of drug-likeness (QED) is 0.655. The van der Waals surface area contributed by atoms with Gasteiger partial charge in [-0.15, -0.1) is 0 Å². The highest BCUT2D eigenvalue weighted by Crippen LogP contribution is 2.39. The predicted molar refractivity (Wildman–Crippen MR) is 111 cm³/mol. The highest BCUT2D eigenvalue weighted by molar-refractivity contribution is 5.95. The molecule has 150 valence electrons. The van der Waals surface area contributed by atoms with Crippen LogP contribution >= 0.6 is 0 Å². The fraction of sp³-hybridized carbons (Fsp3) is 0.304. The van der Waals surface area contributed by atoms with Gasteiger partial charge in [-0.3, -0.25) is 4.79 Å². The molecule has 0 aliphatic carbocycles. The Labute approximate surface area is 170 Å². The van der Waals surface area contributed by atoms with Crippen LogP contribution in [0, 0.1) is 6.92 Å². The summed E-state index contributed by atoms with van der Waals surface area (Å²) in [5.74, 6) is 1.53. The van der Waals surface area contributed by atoms with Crippen molar-refractivity contribution in [2.75, 3.05) is 20.8 Å². The van der Waals surface area contributed by atoms with E-state index in [1.807, 2.05) is 65.0 Å². The third-order valence-corrected chi connectivity index (χ3v) is 5.50. The van der Waals surface area contributed by atoms with E-state index in [1.54, 1.807) is 20.4 Å². The van der Waals surface area contributed by atoms with Gasteiger partial charge in [0, 0.05) is 35.6 Å². The summed E-state index contributed by atoms with van der Waals surface area (Å²) in [5.41, 5.74) is 3.69. The monoisotopic (exact) mass is 391 g/mol. The molecule has 2 aromatic carbocycles. The van der Waals surface area contributed by atoms with Crippen LogP contribution < -0.4 is 9.47 Å². The first kappa shape index (κ1) is 19.1. The number of amides is 1. The number of aryl methyl sites for hydroxylation is 1. The van der Waals surface area contributed by atoms with Gasteiger partial charge < -0.3 is 14.4 Å². The lowest BCUT2D eigenvalue weighted by Gasteiger charge is -2.26. The van der Waals surface area contributed by atoms with Crippen molar-refractivity contribution in [3.8, 4) is 17.2 Å². The van der Waals surface area contributed by atoms with Gasteiger partial charge in [-0.25, -0.2) is 4.68 Å². The maximum absolute atomic E-state index is 13.3. The topological polar surface area (TPSA) is 56.6 Å². The maximum atomic E-state index is 13.3. The number of nitrogens with zero attached hydrogens (tertiary/aromatic N) is 3. The Hall–Kier alpha value is -3.28. The molecule has 4 rings (SSSR count). The second-order valence-corrected chi connectivity index (χ2v) is 7.20. The van der Waals surface area contributed by atoms with E-state index in [4.69, 9.17) is 9.47 Å². The molecule has 0 saturated carbocycles. The van der Waals surface area contributed by atoms with E-state index in [0.717, 1.165) is 47.8 Å². The van der Waals surface area contributed by atoms with Crippen molar-refractivity contribution < 1.29 is 14.3 Å². The summed E-state index contributed by atoms with van der Waals surface area (Å²) in [4.78, 5) is 15.2.